The molecule has 24 heavy (non-hydrogen) atoms. The summed E-state index contributed by atoms with van der Waals surface area (Å²) in [6.07, 6.45) is 2.24. The third kappa shape index (κ3) is 2.42. The fourth-order valence-corrected chi connectivity index (χ4v) is 3.41. The van der Waals surface area contributed by atoms with E-state index in [1.165, 1.54) is 5.56 Å². The first-order valence-corrected chi connectivity index (χ1v) is 7.95. The van der Waals surface area contributed by atoms with E-state index in [1.54, 1.807) is 24.3 Å². The van der Waals surface area contributed by atoms with Crippen molar-refractivity contribution in [2.24, 2.45) is 0 Å². The molecule has 1 N–H and O–H groups in total. The van der Waals surface area contributed by atoms with E-state index in [2.05, 4.69) is 6.07 Å². The minimum Gasteiger partial charge on any atom is -0.482 e. The fourth-order valence-electron chi connectivity index (χ4n) is 3.41. The molecule has 0 saturated heterocycles. The van der Waals surface area contributed by atoms with Crippen molar-refractivity contribution >= 4 is 17.6 Å². The summed E-state index contributed by atoms with van der Waals surface area (Å²) < 4.78 is 5.17. The molecule has 0 unspecified atom stereocenters. The standard InChI is InChI=1S/C19H17NO4/c21-17(22)11-24-14-5-3-4-13(10-14)18(23)20-12-19(8-9-19)15-6-1-2-7-16(15)20/h1-7,10H,8-9,11-12H2,(H,21,22). The molecule has 2 aromatic rings. The average Bonchev–Trinajstić information content (AvgIpc) is 3.30. The zero-order valence-electron chi connectivity index (χ0n) is 13.1. The molecule has 0 bridgehead atoms. The van der Waals surface area contributed by atoms with Crippen LogP contribution in [0.2, 0.25) is 0 Å². The number of fused-ring (bicyclic) bond motifs is 2. The lowest BCUT2D eigenvalue weighted by atomic mass is 9.99. The molecule has 1 fully saturated rings. The molecule has 1 aliphatic heterocycles. The number of hydrogen-bond acceptors (Lipinski definition) is 3. The van der Waals surface area contributed by atoms with Crippen LogP contribution in [0.15, 0.2) is 48.5 Å². The predicted octanol–water partition coefficient (Wildman–Crippen LogP) is 2.84. The summed E-state index contributed by atoms with van der Waals surface area (Å²) in [5.74, 6) is -0.736. The van der Waals surface area contributed by atoms with Gasteiger partial charge in [-0.25, -0.2) is 4.79 Å². The molecule has 0 aromatic heterocycles. The normalized spacial score (nSPS) is 16.8. The van der Waals surface area contributed by atoms with Gasteiger partial charge in [0.1, 0.15) is 5.75 Å². The Kier molecular flexibility index (Phi) is 3.30. The summed E-state index contributed by atoms with van der Waals surface area (Å²) >= 11 is 0. The Morgan fingerprint density at radius 3 is 2.67 bits per heavy atom. The highest BCUT2D eigenvalue weighted by Crippen LogP contribution is 2.56. The average molecular weight is 323 g/mol. The molecule has 5 nitrogen and oxygen atoms in total. The van der Waals surface area contributed by atoms with Crippen LogP contribution >= 0.6 is 0 Å². The Morgan fingerprint density at radius 2 is 1.92 bits per heavy atom. The minimum absolute atomic E-state index is 0.0769. The van der Waals surface area contributed by atoms with Crippen LogP contribution in [-0.2, 0) is 10.2 Å². The maximum Gasteiger partial charge on any atom is 0.341 e. The smallest absolute Gasteiger partial charge is 0.341 e. The fraction of sp³-hybridized carbons (Fsp3) is 0.263. The zero-order valence-corrected chi connectivity index (χ0v) is 13.1. The molecule has 0 radical (unpaired) electrons. The van der Waals surface area contributed by atoms with Gasteiger partial charge in [0, 0.05) is 23.2 Å². The Balaban J connectivity index is 1.61. The van der Waals surface area contributed by atoms with Gasteiger partial charge in [-0.15, -0.1) is 0 Å². The highest BCUT2D eigenvalue weighted by Gasteiger charge is 2.52. The van der Waals surface area contributed by atoms with E-state index in [0.717, 1.165) is 18.5 Å². The van der Waals surface area contributed by atoms with Crippen LogP contribution in [0, 0.1) is 0 Å². The van der Waals surface area contributed by atoms with Crippen molar-refractivity contribution in [3.8, 4) is 5.75 Å². The van der Waals surface area contributed by atoms with Gasteiger partial charge in [-0.05, 0) is 42.7 Å². The third-order valence-corrected chi connectivity index (χ3v) is 4.77. The first kappa shape index (κ1) is 14.8. The summed E-state index contributed by atoms with van der Waals surface area (Å²) in [6.45, 7) is 0.290. The maximum absolute atomic E-state index is 13.0. The molecule has 1 spiro atoms. The lowest BCUT2D eigenvalue weighted by Crippen LogP contribution is -2.31. The summed E-state index contributed by atoms with van der Waals surface area (Å²) in [4.78, 5) is 25.4. The summed E-state index contributed by atoms with van der Waals surface area (Å²) in [5, 5.41) is 8.70. The van der Waals surface area contributed by atoms with Crippen molar-refractivity contribution in [2.75, 3.05) is 18.1 Å². The van der Waals surface area contributed by atoms with Gasteiger partial charge < -0.3 is 14.7 Å². The SMILES string of the molecule is O=C(O)COc1cccc(C(=O)N2CC3(CC3)c3ccccc32)c1. The van der Waals surface area contributed by atoms with Gasteiger partial charge in [0.15, 0.2) is 6.61 Å². The van der Waals surface area contributed by atoms with Crippen LogP contribution in [0.3, 0.4) is 0 Å². The first-order chi connectivity index (χ1) is 11.6. The molecule has 2 aliphatic rings. The number of hydrogen-bond donors (Lipinski definition) is 1. The van der Waals surface area contributed by atoms with Crippen LogP contribution in [0.4, 0.5) is 5.69 Å². The number of rotatable bonds is 4. The van der Waals surface area contributed by atoms with E-state index in [4.69, 9.17) is 9.84 Å². The predicted molar refractivity (Wildman–Crippen MR) is 88.6 cm³/mol. The third-order valence-electron chi connectivity index (χ3n) is 4.77. The molecular formula is C19H17NO4. The topological polar surface area (TPSA) is 66.8 Å². The lowest BCUT2D eigenvalue weighted by molar-refractivity contribution is -0.139. The van der Waals surface area contributed by atoms with Gasteiger partial charge in [0.2, 0.25) is 0 Å². The summed E-state index contributed by atoms with van der Waals surface area (Å²) in [6, 6.07) is 14.8. The Hall–Kier alpha value is -2.82. The van der Waals surface area contributed by atoms with Gasteiger partial charge in [-0.2, -0.15) is 0 Å². The maximum atomic E-state index is 13.0. The zero-order chi connectivity index (χ0) is 16.7. The minimum atomic E-state index is -1.05. The van der Waals surface area contributed by atoms with Crippen LogP contribution < -0.4 is 9.64 Å². The number of benzene rings is 2. The number of aliphatic carboxylic acids is 1. The molecule has 122 valence electrons. The van der Waals surface area contributed by atoms with Gasteiger partial charge in [-0.3, -0.25) is 4.79 Å². The van der Waals surface area contributed by atoms with Crippen molar-refractivity contribution in [3.63, 3.8) is 0 Å². The molecule has 1 aliphatic carbocycles. The Morgan fingerprint density at radius 1 is 1.12 bits per heavy atom. The number of ether oxygens (including phenoxy) is 1. The van der Waals surface area contributed by atoms with Crippen molar-refractivity contribution in [1.82, 2.24) is 0 Å². The van der Waals surface area contributed by atoms with Gasteiger partial charge >= 0.3 is 5.97 Å². The van der Waals surface area contributed by atoms with Crippen molar-refractivity contribution in [1.29, 1.82) is 0 Å². The van der Waals surface area contributed by atoms with E-state index < -0.39 is 12.6 Å². The number of para-hydroxylation sites is 1. The van der Waals surface area contributed by atoms with Gasteiger partial charge in [0.25, 0.3) is 5.91 Å². The van der Waals surface area contributed by atoms with Crippen molar-refractivity contribution < 1.29 is 19.4 Å². The number of amides is 1. The first-order valence-electron chi connectivity index (χ1n) is 7.95. The number of carbonyl (C=O) groups excluding carboxylic acids is 1. The highest BCUT2D eigenvalue weighted by molar-refractivity contribution is 6.08. The van der Waals surface area contributed by atoms with Gasteiger partial charge in [0.05, 0.1) is 0 Å². The summed E-state index contributed by atoms with van der Waals surface area (Å²) in [7, 11) is 0. The molecule has 1 heterocycles. The van der Waals surface area contributed by atoms with Crippen LogP contribution in [0.5, 0.6) is 5.75 Å². The molecule has 2 aromatic carbocycles. The second kappa shape index (κ2) is 5.37. The largest absolute Gasteiger partial charge is 0.482 e. The van der Waals surface area contributed by atoms with E-state index in [-0.39, 0.29) is 11.3 Å². The number of carboxylic acids is 1. The monoisotopic (exact) mass is 323 g/mol. The molecule has 1 amide bonds. The number of anilines is 1. The quantitative estimate of drug-likeness (QED) is 0.939. The van der Waals surface area contributed by atoms with E-state index in [1.807, 2.05) is 23.1 Å². The number of carboxylic acid groups (broad SMARTS) is 1. The van der Waals surface area contributed by atoms with Crippen LogP contribution in [0.25, 0.3) is 0 Å². The van der Waals surface area contributed by atoms with Crippen LogP contribution in [-0.4, -0.2) is 30.1 Å². The van der Waals surface area contributed by atoms with E-state index in [9.17, 15) is 9.59 Å². The molecule has 1 saturated carbocycles. The molecular weight excluding hydrogens is 306 g/mol. The second-order valence-corrected chi connectivity index (χ2v) is 6.40. The molecule has 5 heteroatoms. The number of carbonyl (C=O) groups is 2. The summed E-state index contributed by atoms with van der Waals surface area (Å²) in [5.41, 5.74) is 2.89. The molecule has 0 atom stereocenters. The molecule has 4 rings (SSSR count). The lowest BCUT2D eigenvalue weighted by Gasteiger charge is -2.18. The van der Waals surface area contributed by atoms with Crippen molar-refractivity contribution in [2.45, 2.75) is 18.3 Å². The van der Waals surface area contributed by atoms with Gasteiger partial charge in [-0.1, -0.05) is 24.3 Å². The second-order valence-electron chi connectivity index (χ2n) is 6.40. The Labute approximate surface area is 139 Å². The van der Waals surface area contributed by atoms with Crippen LogP contribution in [0.1, 0.15) is 28.8 Å². The number of nitrogens with zero attached hydrogens (tertiary/aromatic N) is 1. The van der Waals surface area contributed by atoms with Crippen molar-refractivity contribution in [3.05, 3.63) is 59.7 Å². The highest BCUT2D eigenvalue weighted by atomic mass is 16.5. The van der Waals surface area contributed by atoms with E-state index in [0.29, 0.717) is 17.9 Å². The van der Waals surface area contributed by atoms with E-state index >= 15 is 0 Å². The Bertz CT molecular complexity index is 826.